The Hall–Kier alpha value is -2.84. The number of carboxylic acids is 1. The van der Waals surface area contributed by atoms with E-state index in [0.29, 0.717) is 28.9 Å². The lowest BCUT2D eigenvalue weighted by atomic mass is 9.97. The first kappa shape index (κ1) is 21.5. The van der Waals surface area contributed by atoms with Crippen molar-refractivity contribution in [1.82, 2.24) is 9.97 Å². The highest BCUT2D eigenvalue weighted by Crippen LogP contribution is 2.27. The maximum atomic E-state index is 13.2. The third-order valence-corrected chi connectivity index (χ3v) is 4.22. The highest BCUT2D eigenvalue weighted by molar-refractivity contribution is 5.75. The van der Waals surface area contributed by atoms with Crippen molar-refractivity contribution in [1.29, 1.82) is 0 Å². The topological polar surface area (TPSA) is 124 Å². The van der Waals surface area contributed by atoms with Crippen LogP contribution in [0.2, 0.25) is 0 Å². The number of nitrogens with zero attached hydrogens (tertiary/aromatic N) is 1. The molecule has 0 radical (unpaired) electrons. The van der Waals surface area contributed by atoms with E-state index >= 15 is 0 Å². The van der Waals surface area contributed by atoms with Crippen LogP contribution in [0.5, 0.6) is 0 Å². The molecule has 0 unspecified atom stereocenters. The number of aliphatic hydroxyl groups is 2. The normalized spacial score (nSPS) is 12.1. The molecular formula is C20H23FN2O5. The molecule has 2 rings (SSSR count). The molecule has 8 heteroatoms. The molecule has 4 N–H and O–H groups in total. The van der Waals surface area contributed by atoms with E-state index in [1.165, 1.54) is 24.3 Å². The lowest BCUT2D eigenvalue weighted by Gasteiger charge is -2.15. The average molecular weight is 390 g/mol. The molecule has 0 saturated carbocycles. The standard InChI is InChI=1S/C20H23FN2O5/c1-12(2)16-15(6-4-3-5-11-20(27,28)18(24)25)17(23-19(26)22-16)13-7-9-14(21)10-8-13/h4,6-10,12,27-28H,3,5,11H2,1-2H3,(H,24,25)(H,22,23,26)/b6-4+. The van der Waals surface area contributed by atoms with Crippen LogP contribution in [0.1, 0.15) is 50.3 Å². The number of nitrogens with one attached hydrogen (secondary N) is 1. The molecular weight excluding hydrogens is 367 g/mol. The monoisotopic (exact) mass is 390 g/mol. The molecule has 0 bridgehead atoms. The van der Waals surface area contributed by atoms with Crippen LogP contribution in [0.4, 0.5) is 4.39 Å². The molecule has 0 atom stereocenters. The Labute approximate surface area is 161 Å². The maximum Gasteiger partial charge on any atom is 0.364 e. The van der Waals surface area contributed by atoms with Crippen LogP contribution in [0.15, 0.2) is 35.1 Å². The molecule has 0 aliphatic rings. The number of aliphatic carboxylic acids is 1. The number of carbonyl (C=O) groups is 1. The van der Waals surface area contributed by atoms with Crippen LogP contribution >= 0.6 is 0 Å². The van der Waals surface area contributed by atoms with Gasteiger partial charge >= 0.3 is 11.7 Å². The van der Waals surface area contributed by atoms with E-state index in [-0.39, 0.29) is 18.8 Å². The van der Waals surface area contributed by atoms with E-state index < -0.39 is 23.3 Å². The van der Waals surface area contributed by atoms with Crippen molar-refractivity contribution in [2.45, 2.75) is 44.8 Å². The van der Waals surface area contributed by atoms with Crippen LogP contribution in [0, 0.1) is 5.82 Å². The fourth-order valence-electron chi connectivity index (χ4n) is 2.73. The van der Waals surface area contributed by atoms with Crippen LogP contribution in [-0.4, -0.2) is 37.0 Å². The number of allylic oxidation sites excluding steroid dienone is 1. The van der Waals surface area contributed by atoms with Crippen LogP contribution in [0.25, 0.3) is 17.3 Å². The minimum atomic E-state index is -2.75. The molecule has 7 nitrogen and oxygen atoms in total. The second-order valence-corrected chi connectivity index (χ2v) is 6.80. The average Bonchev–Trinajstić information content (AvgIpc) is 2.62. The van der Waals surface area contributed by atoms with E-state index in [9.17, 15) is 24.2 Å². The fourth-order valence-corrected chi connectivity index (χ4v) is 2.73. The summed E-state index contributed by atoms with van der Waals surface area (Å²) in [5.41, 5.74) is 1.82. The van der Waals surface area contributed by atoms with Gasteiger partial charge in [0.25, 0.3) is 5.79 Å². The van der Waals surface area contributed by atoms with E-state index in [0.717, 1.165) is 0 Å². The van der Waals surface area contributed by atoms with Crippen molar-refractivity contribution < 1.29 is 24.5 Å². The molecule has 28 heavy (non-hydrogen) atoms. The summed E-state index contributed by atoms with van der Waals surface area (Å²) in [4.78, 5) is 29.4. The Bertz CT molecular complexity index is 917. The number of carboxylic acid groups (broad SMARTS) is 1. The summed E-state index contributed by atoms with van der Waals surface area (Å²) in [5, 5.41) is 27.3. The van der Waals surface area contributed by atoms with Crippen molar-refractivity contribution in [3.8, 4) is 11.3 Å². The number of hydrogen-bond acceptors (Lipinski definition) is 5. The predicted octanol–water partition coefficient (Wildman–Crippen LogP) is 2.65. The SMILES string of the molecule is CC(C)c1[nH]c(=O)nc(-c2ccc(F)cc2)c1/C=C/CCCC(O)(O)C(=O)O. The molecule has 0 saturated heterocycles. The minimum Gasteiger partial charge on any atom is -0.477 e. The number of aromatic amines is 1. The Morgan fingerprint density at radius 2 is 1.93 bits per heavy atom. The number of benzene rings is 1. The van der Waals surface area contributed by atoms with Crippen LogP contribution < -0.4 is 5.69 Å². The molecule has 1 heterocycles. The van der Waals surface area contributed by atoms with E-state index in [1.807, 2.05) is 13.8 Å². The summed E-state index contributed by atoms with van der Waals surface area (Å²) in [7, 11) is 0. The van der Waals surface area contributed by atoms with Crippen molar-refractivity contribution in [3.05, 3.63) is 57.9 Å². The number of rotatable bonds is 8. The zero-order valence-electron chi connectivity index (χ0n) is 15.6. The van der Waals surface area contributed by atoms with E-state index in [2.05, 4.69) is 9.97 Å². The van der Waals surface area contributed by atoms with Gasteiger partial charge in [-0.2, -0.15) is 4.98 Å². The smallest absolute Gasteiger partial charge is 0.364 e. The van der Waals surface area contributed by atoms with Gasteiger partial charge in [0.05, 0.1) is 5.69 Å². The lowest BCUT2D eigenvalue weighted by molar-refractivity contribution is -0.205. The fraction of sp³-hybridized carbons (Fsp3) is 0.350. The minimum absolute atomic E-state index is 0.0101. The van der Waals surface area contributed by atoms with Crippen molar-refractivity contribution >= 4 is 12.0 Å². The summed E-state index contributed by atoms with van der Waals surface area (Å²) in [6, 6.07) is 5.65. The number of hydrogen-bond donors (Lipinski definition) is 4. The molecule has 1 aromatic carbocycles. The number of H-pyrrole nitrogens is 1. The van der Waals surface area contributed by atoms with E-state index in [1.54, 1.807) is 12.2 Å². The summed E-state index contributed by atoms with van der Waals surface area (Å²) in [6.07, 6.45) is 3.78. The predicted molar refractivity (Wildman–Crippen MR) is 102 cm³/mol. The van der Waals surface area contributed by atoms with Gasteiger partial charge in [-0.1, -0.05) is 26.0 Å². The van der Waals surface area contributed by atoms with Crippen LogP contribution in [-0.2, 0) is 4.79 Å². The zero-order chi connectivity index (χ0) is 20.9. The third kappa shape index (κ3) is 5.34. The van der Waals surface area contributed by atoms with Crippen molar-refractivity contribution in [2.75, 3.05) is 0 Å². The summed E-state index contributed by atoms with van der Waals surface area (Å²) >= 11 is 0. The summed E-state index contributed by atoms with van der Waals surface area (Å²) in [5.74, 6) is -4.86. The van der Waals surface area contributed by atoms with Gasteiger partial charge in [0.1, 0.15) is 5.82 Å². The summed E-state index contributed by atoms with van der Waals surface area (Å²) in [6.45, 7) is 3.82. The van der Waals surface area contributed by atoms with Crippen molar-refractivity contribution in [2.24, 2.45) is 0 Å². The van der Waals surface area contributed by atoms with Crippen LogP contribution in [0.3, 0.4) is 0 Å². The molecule has 0 aliphatic carbocycles. The van der Waals surface area contributed by atoms with E-state index in [4.69, 9.17) is 5.11 Å². The van der Waals surface area contributed by atoms with Gasteiger partial charge in [-0.25, -0.2) is 14.0 Å². The molecule has 1 aromatic heterocycles. The Kier molecular flexibility index (Phi) is 6.82. The second kappa shape index (κ2) is 8.90. The van der Waals surface area contributed by atoms with Gasteiger partial charge in [-0.3, -0.25) is 0 Å². The van der Waals surface area contributed by atoms with Gasteiger partial charge in [0.15, 0.2) is 0 Å². The quantitative estimate of drug-likeness (QED) is 0.406. The van der Waals surface area contributed by atoms with Crippen molar-refractivity contribution in [3.63, 3.8) is 0 Å². The van der Waals surface area contributed by atoms with Gasteiger partial charge in [-0.15, -0.1) is 0 Å². The lowest BCUT2D eigenvalue weighted by Crippen LogP contribution is -2.37. The molecule has 0 aliphatic heterocycles. The third-order valence-electron chi connectivity index (χ3n) is 4.22. The molecule has 150 valence electrons. The highest BCUT2D eigenvalue weighted by Gasteiger charge is 2.31. The maximum absolute atomic E-state index is 13.2. The zero-order valence-corrected chi connectivity index (χ0v) is 15.6. The van der Waals surface area contributed by atoms with Gasteiger partial charge in [0.2, 0.25) is 0 Å². The number of halogens is 1. The molecule has 0 amide bonds. The largest absolute Gasteiger partial charge is 0.477 e. The Balaban J connectivity index is 2.32. The number of unbranched alkanes of at least 4 members (excludes halogenated alkanes) is 1. The first-order valence-electron chi connectivity index (χ1n) is 8.86. The Morgan fingerprint density at radius 3 is 2.50 bits per heavy atom. The molecule has 0 spiro atoms. The molecule has 2 aromatic rings. The first-order valence-corrected chi connectivity index (χ1v) is 8.86. The summed E-state index contributed by atoms with van der Waals surface area (Å²) < 4.78 is 13.2. The molecule has 0 fully saturated rings. The Morgan fingerprint density at radius 1 is 1.29 bits per heavy atom. The number of aromatic nitrogens is 2. The van der Waals surface area contributed by atoms with Gasteiger partial charge in [0, 0.05) is 23.2 Å². The van der Waals surface area contributed by atoms with Gasteiger partial charge < -0.3 is 20.3 Å². The first-order chi connectivity index (χ1) is 13.1. The second-order valence-electron chi connectivity index (χ2n) is 6.80. The highest BCUT2D eigenvalue weighted by atomic mass is 19.1. The van der Waals surface area contributed by atoms with Gasteiger partial charge in [-0.05, 0) is 43.0 Å².